The van der Waals surface area contributed by atoms with Crippen LogP contribution in [0.25, 0.3) is 0 Å². The van der Waals surface area contributed by atoms with E-state index in [0.29, 0.717) is 6.04 Å². The number of rotatable bonds is 4. The maximum atomic E-state index is 6.08. The Bertz CT molecular complexity index is 395. The van der Waals surface area contributed by atoms with E-state index in [4.69, 9.17) is 16.3 Å². The van der Waals surface area contributed by atoms with E-state index in [2.05, 4.69) is 16.3 Å². The molecule has 1 fully saturated rings. The van der Waals surface area contributed by atoms with Gasteiger partial charge in [0.25, 0.3) is 0 Å². The molecular formula is C12H17ClN2O. The Labute approximate surface area is 101 Å². The minimum absolute atomic E-state index is 0.583. The van der Waals surface area contributed by atoms with Crippen molar-refractivity contribution in [3.63, 3.8) is 0 Å². The lowest BCUT2D eigenvalue weighted by Gasteiger charge is -2.13. The minimum atomic E-state index is 0.583. The fourth-order valence-electron chi connectivity index (χ4n) is 1.92. The summed E-state index contributed by atoms with van der Waals surface area (Å²) in [6.45, 7) is 4.10. The summed E-state index contributed by atoms with van der Waals surface area (Å²) in [5.41, 5.74) is 2.23. The van der Waals surface area contributed by atoms with Gasteiger partial charge in [0.15, 0.2) is 0 Å². The van der Waals surface area contributed by atoms with Gasteiger partial charge in [0, 0.05) is 24.2 Å². The third-order valence-electron chi connectivity index (χ3n) is 2.92. The van der Waals surface area contributed by atoms with Crippen molar-refractivity contribution in [3.8, 4) is 5.75 Å². The molecule has 1 aromatic rings. The summed E-state index contributed by atoms with van der Waals surface area (Å²) >= 11 is 6.08. The quantitative estimate of drug-likeness (QED) is 0.816. The van der Waals surface area contributed by atoms with Gasteiger partial charge in [0.05, 0.1) is 18.8 Å². The summed E-state index contributed by atoms with van der Waals surface area (Å²) in [4.78, 5) is 2.32. The van der Waals surface area contributed by atoms with Crippen LogP contribution in [0.4, 0.5) is 5.69 Å². The molecule has 0 spiro atoms. The zero-order valence-corrected chi connectivity index (χ0v) is 10.6. The Kier molecular flexibility index (Phi) is 3.26. The Hall–Kier alpha value is -0.930. The summed E-state index contributed by atoms with van der Waals surface area (Å²) in [6.07, 6.45) is 0. The second kappa shape index (κ2) is 4.52. The van der Waals surface area contributed by atoms with Gasteiger partial charge in [-0.1, -0.05) is 11.6 Å². The summed E-state index contributed by atoms with van der Waals surface area (Å²) in [7, 11) is 3.65. The highest BCUT2D eigenvalue weighted by atomic mass is 35.5. The van der Waals surface area contributed by atoms with Gasteiger partial charge in [-0.3, -0.25) is 0 Å². The molecule has 1 heterocycles. The van der Waals surface area contributed by atoms with Crippen molar-refractivity contribution in [1.82, 2.24) is 5.32 Å². The van der Waals surface area contributed by atoms with Crippen LogP contribution >= 0.6 is 11.6 Å². The molecule has 0 aromatic heterocycles. The number of likely N-dealkylation sites (N-methyl/N-ethyl adjacent to an activating group) is 1. The van der Waals surface area contributed by atoms with E-state index in [1.165, 1.54) is 0 Å². The highest BCUT2D eigenvalue weighted by molar-refractivity contribution is 6.31. The van der Waals surface area contributed by atoms with Crippen LogP contribution in [0.2, 0.25) is 5.02 Å². The number of anilines is 1. The van der Waals surface area contributed by atoms with Crippen LogP contribution in [0.15, 0.2) is 12.1 Å². The molecule has 88 valence electrons. The van der Waals surface area contributed by atoms with Crippen LogP contribution in [0.3, 0.4) is 0 Å². The third-order valence-corrected chi connectivity index (χ3v) is 3.33. The largest absolute Gasteiger partial charge is 0.495 e. The second-order valence-electron chi connectivity index (χ2n) is 4.14. The smallest absolute Gasteiger partial charge is 0.143 e. The van der Waals surface area contributed by atoms with Gasteiger partial charge in [-0.25, -0.2) is 0 Å². The zero-order valence-electron chi connectivity index (χ0n) is 9.88. The molecule has 1 unspecified atom stereocenters. The van der Waals surface area contributed by atoms with Crippen molar-refractivity contribution in [3.05, 3.63) is 22.7 Å². The second-order valence-corrected chi connectivity index (χ2v) is 4.54. The van der Waals surface area contributed by atoms with E-state index in [0.717, 1.165) is 35.1 Å². The molecular weight excluding hydrogens is 224 g/mol. The maximum Gasteiger partial charge on any atom is 0.143 e. The number of nitrogens with zero attached hydrogens (tertiary/aromatic N) is 1. The predicted molar refractivity (Wildman–Crippen MR) is 67.8 cm³/mol. The molecule has 0 saturated carbocycles. The van der Waals surface area contributed by atoms with Crippen molar-refractivity contribution in [2.24, 2.45) is 0 Å². The minimum Gasteiger partial charge on any atom is -0.495 e. The number of benzene rings is 1. The summed E-state index contributed by atoms with van der Waals surface area (Å²) in [5, 5.41) is 3.94. The van der Waals surface area contributed by atoms with E-state index < -0.39 is 0 Å². The molecule has 0 radical (unpaired) electrons. The van der Waals surface area contributed by atoms with Gasteiger partial charge in [-0.05, 0) is 25.6 Å². The molecule has 1 aromatic carbocycles. The van der Waals surface area contributed by atoms with E-state index in [-0.39, 0.29) is 0 Å². The number of aryl methyl sites for hydroxylation is 1. The van der Waals surface area contributed by atoms with Crippen LogP contribution in [0.5, 0.6) is 5.75 Å². The summed E-state index contributed by atoms with van der Waals surface area (Å²) < 4.78 is 5.36. The van der Waals surface area contributed by atoms with Crippen LogP contribution in [-0.4, -0.2) is 33.3 Å². The van der Waals surface area contributed by atoms with Gasteiger partial charge in [-0.15, -0.1) is 0 Å². The number of methoxy groups -OCH3 is 1. The molecule has 1 N–H and O–H groups in total. The lowest BCUT2D eigenvalue weighted by molar-refractivity contribution is 0.416. The van der Waals surface area contributed by atoms with Crippen LogP contribution in [-0.2, 0) is 0 Å². The molecule has 16 heavy (non-hydrogen) atoms. The van der Waals surface area contributed by atoms with Gasteiger partial charge in [0.1, 0.15) is 5.75 Å². The molecule has 1 atom stereocenters. The lowest BCUT2D eigenvalue weighted by atomic mass is 10.2. The average Bonchev–Trinajstić information content (AvgIpc) is 3.01. The van der Waals surface area contributed by atoms with Gasteiger partial charge in [-0.2, -0.15) is 0 Å². The fraction of sp³-hybridized carbons (Fsp3) is 0.500. The monoisotopic (exact) mass is 240 g/mol. The van der Waals surface area contributed by atoms with E-state index in [9.17, 15) is 0 Å². The van der Waals surface area contributed by atoms with Crippen LogP contribution in [0.1, 0.15) is 5.56 Å². The third kappa shape index (κ3) is 2.11. The SMILES string of the molecule is CNCC1CN1c1cc(C)c(Cl)cc1OC. The number of hydrogen-bond acceptors (Lipinski definition) is 3. The zero-order chi connectivity index (χ0) is 11.7. The topological polar surface area (TPSA) is 24.3 Å². The first kappa shape index (κ1) is 11.6. The Morgan fingerprint density at radius 2 is 2.31 bits per heavy atom. The highest BCUT2D eigenvalue weighted by Gasteiger charge is 2.35. The summed E-state index contributed by atoms with van der Waals surface area (Å²) in [6, 6.07) is 4.57. The molecule has 1 saturated heterocycles. The maximum absolute atomic E-state index is 6.08. The lowest BCUT2D eigenvalue weighted by Crippen LogP contribution is -2.17. The van der Waals surface area contributed by atoms with Gasteiger partial charge >= 0.3 is 0 Å². The van der Waals surface area contributed by atoms with Gasteiger partial charge in [0.2, 0.25) is 0 Å². The highest BCUT2D eigenvalue weighted by Crippen LogP contribution is 2.39. The molecule has 2 rings (SSSR count). The Balaban J connectivity index is 2.24. The predicted octanol–water partition coefficient (Wildman–Crippen LogP) is 2.07. The first-order valence-corrected chi connectivity index (χ1v) is 5.80. The van der Waals surface area contributed by atoms with Crippen molar-refractivity contribution in [2.75, 3.05) is 32.1 Å². The molecule has 3 nitrogen and oxygen atoms in total. The van der Waals surface area contributed by atoms with Crippen molar-refractivity contribution in [2.45, 2.75) is 13.0 Å². The van der Waals surface area contributed by atoms with E-state index in [1.807, 2.05) is 20.0 Å². The molecule has 0 bridgehead atoms. The molecule has 0 amide bonds. The van der Waals surface area contributed by atoms with Crippen molar-refractivity contribution >= 4 is 17.3 Å². The number of ether oxygens (including phenoxy) is 1. The van der Waals surface area contributed by atoms with Crippen molar-refractivity contribution in [1.29, 1.82) is 0 Å². The van der Waals surface area contributed by atoms with Crippen LogP contribution < -0.4 is 15.0 Å². The molecule has 4 heteroatoms. The Morgan fingerprint density at radius 3 is 2.94 bits per heavy atom. The molecule has 0 aliphatic carbocycles. The number of halogens is 1. The number of nitrogens with one attached hydrogen (secondary N) is 1. The van der Waals surface area contributed by atoms with E-state index in [1.54, 1.807) is 7.11 Å². The fourth-order valence-corrected chi connectivity index (χ4v) is 2.07. The normalized spacial score (nSPS) is 18.8. The standard InChI is InChI=1S/C12H17ClN2O/c1-8-4-11(12(16-3)5-10(8)13)15-7-9(15)6-14-2/h4-5,9,14H,6-7H2,1-3H3. The molecule has 1 aliphatic heterocycles. The first-order valence-electron chi connectivity index (χ1n) is 5.42. The van der Waals surface area contributed by atoms with E-state index >= 15 is 0 Å². The van der Waals surface area contributed by atoms with Crippen LogP contribution in [0, 0.1) is 6.92 Å². The first-order chi connectivity index (χ1) is 7.67. The average molecular weight is 241 g/mol. The summed E-state index contributed by atoms with van der Waals surface area (Å²) in [5.74, 6) is 0.856. The number of hydrogen-bond donors (Lipinski definition) is 1. The molecule has 1 aliphatic rings. The Morgan fingerprint density at radius 1 is 1.56 bits per heavy atom. The van der Waals surface area contributed by atoms with Gasteiger partial charge < -0.3 is 15.0 Å². The van der Waals surface area contributed by atoms with Crippen molar-refractivity contribution < 1.29 is 4.74 Å².